The Morgan fingerprint density at radius 1 is 0.771 bits per heavy atom. The van der Waals surface area contributed by atoms with Crippen molar-refractivity contribution in [1.29, 1.82) is 0 Å². The molecule has 0 bridgehead atoms. The zero-order valence-electron chi connectivity index (χ0n) is 18.6. The van der Waals surface area contributed by atoms with Crippen LogP contribution in [-0.2, 0) is 24.8 Å². The van der Waals surface area contributed by atoms with E-state index in [-0.39, 0.29) is 5.91 Å². The summed E-state index contributed by atoms with van der Waals surface area (Å²) in [5, 5.41) is -11.1. The molecule has 0 rings (SSSR count). The van der Waals surface area contributed by atoms with Crippen LogP contribution in [0.5, 0.6) is 0 Å². The molecule has 0 saturated heterocycles. The maximum atomic E-state index is 12.3. The number of halogens is 10. The Bertz CT molecular complexity index is 895. The highest BCUT2D eigenvalue weighted by Gasteiger charge is 2.68. The standard InChI is InChI=1S/C11H22N2O.C4F10NO4S2/c1-6-13(7-2,8-3)9-12-11(14)10(4)5;5-1(6,7)3(11,12)20(16,17)15-21(18,19)4(13,14)2(8,9)10/h4,6-9H2,1-3,5H3;/q;-1/p+1. The second-order valence-corrected chi connectivity index (χ2v) is 10.3. The van der Waals surface area contributed by atoms with Gasteiger partial charge in [0.05, 0.1) is 19.6 Å². The van der Waals surface area contributed by atoms with Gasteiger partial charge in [-0.2, -0.15) is 43.9 Å². The van der Waals surface area contributed by atoms with Gasteiger partial charge in [-0.05, 0) is 27.7 Å². The fraction of sp³-hybridized carbons (Fsp3) is 0.800. The molecule has 0 atom stereocenters. The second kappa shape index (κ2) is 11.6. The summed E-state index contributed by atoms with van der Waals surface area (Å²) in [5.74, 6) is -0.0390. The number of hydrogen-bond donors (Lipinski definition) is 1. The normalized spacial score (nSPS) is 14.1. The molecule has 1 amide bonds. The van der Waals surface area contributed by atoms with Crippen molar-refractivity contribution in [2.24, 2.45) is 0 Å². The van der Waals surface area contributed by atoms with Crippen LogP contribution in [0.15, 0.2) is 12.2 Å². The van der Waals surface area contributed by atoms with Crippen molar-refractivity contribution in [2.45, 2.75) is 50.6 Å². The second-order valence-electron chi connectivity index (χ2n) is 6.79. The summed E-state index contributed by atoms with van der Waals surface area (Å²) in [6, 6.07) is 0. The Balaban J connectivity index is 0. The van der Waals surface area contributed by atoms with E-state index >= 15 is 0 Å². The number of rotatable bonds is 10. The minimum Gasteiger partial charge on any atom is -0.425 e. The Morgan fingerprint density at radius 3 is 1.26 bits per heavy atom. The number of nitrogens with one attached hydrogen (secondary N) is 1. The minimum absolute atomic E-state index is 0.0390. The van der Waals surface area contributed by atoms with E-state index in [1.165, 1.54) is 0 Å². The molecule has 0 aliphatic carbocycles. The summed E-state index contributed by atoms with van der Waals surface area (Å²) in [6.45, 7) is 15.6. The largest absolute Gasteiger partial charge is 0.467 e. The average molecular weight is 579 g/mol. The summed E-state index contributed by atoms with van der Waals surface area (Å²) >= 11 is 0. The van der Waals surface area contributed by atoms with Crippen LogP contribution in [0.3, 0.4) is 0 Å². The Kier molecular flexibility index (Phi) is 11.8. The number of sulfonamides is 2. The van der Waals surface area contributed by atoms with E-state index in [1.54, 1.807) is 6.92 Å². The molecule has 0 heterocycles. The zero-order valence-corrected chi connectivity index (χ0v) is 20.2. The number of hydrogen-bond acceptors (Lipinski definition) is 5. The quantitative estimate of drug-likeness (QED) is 0.183. The van der Waals surface area contributed by atoms with Crippen LogP contribution in [-0.4, -0.2) is 76.4 Å². The van der Waals surface area contributed by atoms with Crippen molar-refractivity contribution in [3.8, 4) is 0 Å². The van der Waals surface area contributed by atoms with Gasteiger partial charge in [-0.3, -0.25) is 4.79 Å². The molecule has 35 heavy (non-hydrogen) atoms. The topological polar surface area (TPSA) is 111 Å². The van der Waals surface area contributed by atoms with Gasteiger partial charge in [0.1, 0.15) is 0 Å². The van der Waals surface area contributed by atoms with E-state index < -0.39 is 42.9 Å². The molecule has 8 nitrogen and oxygen atoms in total. The summed E-state index contributed by atoms with van der Waals surface area (Å²) in [6.07, 6.45) is -14.0. The molecule has 0 aromatic heterocycles. The Labute approximate surface area is 195 Å². The highest BCUT2D eigenvalue weighted by Crippen LogP contribution is 2.47. The monoisotopic (exact) mass is 579 g/mol. The average Bonchev–Trinajstić information content (AvgIpc) is 2.66. The van der Waals surface area contributed by atoms with Crippen molar-refractivity contribution < 1.29 is 70.0 Å². The third-order valence-electron chi connectivity index (χ3n) is 4.48. The van der Waals surface area contributed by atoms with Gasteiger partial charge < -0.3 is 13.9 Å². The molecule has 20 heteroatoms. The Hall–Kier alpha value is -1.67. The lowest BCUT2D eigenvalue weighted by Crippen LogP contribution is -2.54. The lowest BCUT2D eigenvalue weighted by molar-refractivity contribution is -0.924. The fourth-order valence-corrected chi connectivity index (χ4v) is 4.28. The van der Waals surface area contributed by atoms with Gasteiger partial charge in [-0.15, -0.1) is 0 Å². The van der Waals surface area contributed by atoms with Crippen molar-refractivity contribution in [2.75, 3.05) is 26.3 Å². The van der Waals surface area contributed by atoms with Crippen molar-refractivity contribution in [3.05, 3.63) is 16.3 Å². The number of alkyl halides is 10. The van der Waals surface area contributed by atoms with Gasteiger partial charge in [0, 0.05) is 5.57 Å². The van der Waals surface area contributed by atoms with E-state index in [0.717, 1.165) is 24.1 Å². The summed E-state index contributed by atoms with van der Waals surface area (Å²) in [5.41, 5.74) is 0.575. The molecule has 0 aliphatic heterocycles. The molecule has 0 aliphatic rings. The third kappa shape index (κ3) is 8.45. The predicted octanol–water partition coefficient (Wildman–Crippen LogP) is 3.84. The first-order valence-corrected chi connectivity index (χ1v) is 12.0. The van der Waals surface area contributed by atoms with Gasteiger partial charge >= 0.3 is 22.9 Å². The smallest absolute Gasteiger partial charge is 0.425 e. The van der Waals surface area contributed by atoms with Gasteiger partial charge in [-0.1, -0.05) is 6.58 Å². The number of carbonyl (C=O) groups is 1. The molecule has 0 saturated carbocycles. The van der Waals surface area contributed by atoms with E-state index in [0.29, 0.717) is 16.4 Å². The van der Waals surface area contributed by atoms with Gasteiger partial charge in [-0.25, -0.2) is 16.8 Å². The highest BCUT2D eigenvalue weighted by atomic mass is 32.3. The molecule has 0 spiro atoms. The molecule has 0 unspecified atom stereocenters. The molecular formula is C15H23F10N3O5S2. The van der Waals surface area contributed by atoms with Crippen molar-refractivity contribution in [3.63, 3.8) is 0 Å². The fourth-order valence-electron chi connectivity index (χ4n) is 1.91. The van der Waals surface area contributed by atoms with Crippen LogP contribution < -0.4 is 5.32 Å². The molecule has 0 radical (unpaired) electrons. The van der Waals surface area contributed by atoms with Crippen LogP contribution in [0.25, 0.3) is 4.13 Å². The van der Waals surface area contributed by atoms with Crippen molar-refractivity contribution in [1.82, 2.24) is 5.32 Å². The molecule has 0 aromatic carbocycles. The number of carbonyl (C=O) groups excluding carboxylic acids is 1. The van der Waals surface area contributed by atoms with E-state index in [9.17, 15) is 65.5 Å². The lowest BCUT2D eigenvalue weighted by atomic mass is 10.3. The molecule has 0 fully saturated rings. The minimum atomic E-state index is -7.62. The van der Waals surface area contributed by atoms with E-state index in [4.69, 9.17) is 0 Å². The van der Waals surface area contributed by atoms with Crippen LogP contribution in [0, 0.1) is 0 Å². The summed E-state index contributed by atoms with van der Waals surface area (Å²) in [7, 11) is -15.2. The lowest BCUT2D eigenvalue weighted by Gasteiger charge is -2.35. The van der Waals surface area contributed by atoms with E-state index in [2.05, 4.69) is 32.7 Å². The molecule has 210 valence electrons. The SMILES string of the molecule is C=C(C)C(=O)NC[N+](CC)(CC)CC.O=S(=O)([N-]S(=O)(=O)C(F)(F)C(F)(F)F)C(F)(F)C(F)(F)F. The first-order chi connectivity index (χ1) is 15.2. The molecule has 1 N–H and O–H groups in total. The van der Waals surface area contributed by atoms with Crippen molar-refractivity contribution >= 4 is 26.0 Å². The highest BCUT2D eigenvalue weighted by molar-refractivity contribution is 8.13. The van der Waals surface area contributed by atoms with Gasteiger partial charge in [0.25, 0.3) is 5.91 Å². The number of nitrogens with zero attached hydrogens (tertiary/aromatic N) is 2. The van der Waals surface area contributed by atoms with E-state index in [1.807, 2.05) is 0 Å². The van der Waals surface area contributed by atoms with Crippen LogP contribution >= 0.6 is 0 Å². The zero-order chi connectivity index (χ0) is 28.9. The predicted molar refractivity (Wildman–Crippen MR) is 103 cm³/mol. The molecule has 0 aromatic rings. The maximum absolute atomic E-state index is 12.3. The summed E-state index contributed by atoms with van der Waals surface area (Å²) < 4.78 is 162. The first kappa shape index (κ1) is 35.5. The number of amides is 1. The van der Waals surface area contributed by atoms with Gasteiger partial charge in [0.15, 0.2) is 26.7 Å². The summed E-state index contributed by atoms with van der Waals surface area (Å²) in [4.78, 5) is 11.3. The van der Waals surface area contributed by atoms with Crippen LogP contribution in [0.2, 0.25) is 0 Å². The van der Waals surface area contributed by atoms with Crippen LogP contribution in [0.4, 0.5) is 43.9 Å². The third-order valence-corrected chi connectivity index (χ3v) is 7.81. The Morgan fingerprint density at radius 2 is 1.06 bits per heavy atom. The maximum Gasteiger partial charge on any atom is 0.467 e. The number of quaternary nitrogens is 1. The van der Waals surface area contributed by atoms with Crippen LogP contribution in [0.1, 0.15) is 27.7 Å². The molecular weight excluding hydrogens is 556 g/mol. The van der Waals surface area contributed by atoms with Gasteiger partial charge in [0.2, 0.25) is 0 Å². The first-order valence-electron chi connectivity index (χ1n) is 9.13.